The zero-order chi connectivity index (χ0) is 15.6. The van der Waals surface area contributed by atoms with Crippen molar-refractivity contribution in [2.24, 2.45) is 0 Å². The van der Waals surface area contributed by atoms with Gasteiger partial charge in [0.25, 0.3) is 0 Å². The summed E-state index contributed by atoms with van der Waals surface area (Å²) in [5.74, 6) is 0.733. The molecule has 118 valence electrons. The number of carbonyl (C=O) groups excluding carboxylic acids is 1. The number of nitrogens with zero attached hydrogens (tertiary/aromatic N) is 3. The van der Waals surface area contributed by atoms with E-state index in [1.807, 2.05) is 17.3 Å². The first-order chi connectivity index (χ1) is 9.88. The molecule has 0 aliphatic heterocycles. The molecule has 0 radical (unpaired) electrons. The summed E-state index contributed by atoms with van der Waals surface area (Å²) in [6, 6.07) is 0.592. The van der Waals surface area contributed by atoms with Crippen LogP contribution < -0.4 is 4.90 Å². The average Bonchev–Trinajstić information content (AvgIpc) is 3.09. The van der Waals surface area contributed by atoms with Crippen LogP contribution in [0.3, 0.4) is 0 Å². The van der Waals surface area contributed by atoms with E-state index in [0.29, 0.717) is 18.3 Å². The predicted molar refractivity (Wildman–Crippen MR) is 88.2 cm³/mol. The van der Waals surface area contributed by atoms with Crippen molar-refractivity contribution >= 4 is 33.2 Å². The van der Waals surface area contributed by atoms with E-state index in [1.165, 1.54) is 11.3 Å². The third kappa shape index (κ3) is 4.59. The molecular formula is C14H23N3O2S2. The summed E-state index contributed by atoms with van der Waals surface area (Å²) in [4.78, 5) is 20.3. The molecule has 5 nitrogen and oxygen atoms in total. The number of anilines is 1. The maximum atomic E-state index is 11.7. The van der Waals surface area contributed by atoms with Gasteiger partial charge >= 0.3 is 0 Å². The highest BCUT2D eigenvalue weighted by atomic mass is 32.2. The van der Waals surface area contributed by atoms with Crippen molar-refractivity contribution in [1.82, 2.24) is 9.88 Å². The van der Waals surface area contributed by atoms with Gasteiger partial charge < -0.3 is 0 Å². The Morgan fingerprint density at radius 2 is 2.24 bits per heavy atom. The SMILES string of the molecule is CC(=O)N(c1nc(CN(C)C(C)CS(C)=O)cs1)C1CC1. The Kier molecular flexibility index (Phi) is 5.51. The zero-order valence-electron chi connectivity index (χ0n) is 13.0. The van der Waals surface area contributed by atoms with Crippen LogP contribution in [0.25, 0.3) is 0 Å². The molecule has 1 fully saturated rings. The van der Waals surface area contributed by atoms with Crippen molar-refractivity contribution in [3.63, 3.8) is 0 Å². The Hall–Kier alpha value is -0.790. The van der Waals surface area contributed by atoms with Gasteiger partial charge in [-0.1, -0.05) is 0 Å². The van der Waals surface area contributed by atoms with Gasteiger partial charge in [-0.3, -0.25) is 18.8 Å². The first-order valence-electron chi connectivity index (χ1n) is 7.13. The second kappa shape index (κ2) is 6.98. The average molecular weight is 329 g/mol. The number of aromatic nitrogens is 1. The first-order valence-corrected chi connectivity index (χ1v) is 9.73. The number of hydrogen-bond acceptors (Lipinski definition) is 5. The van der Waals surface area contributed by atoms with Crippen LogP contribution in [0.1, 0.15) is 32.4 Å². The number of thiazole rings is 1. The molecule has 2 rings (SSSR count). The number of carbonyl (C=O) groups is 1. The molecule has 0 N–H and O–H groups in total. The zero-order valence-corrected chi connectivity index (χ0v) is 14.7. The molecule has 1 aliphatic carbocycles. The van der Waals surface area contributed by atoms with Gasteiger partial charge in [0.05, 0.1) is 5.69 Å². The maximum absolute atomic E-state index is 11.7. The number of rotatable bonds is 7. The van der Waals surface area contributed by atoms with E-state index in [2.05, 4.69) is 16.8 Å². The fourth-order valence-electron chi connectivity index (χ4n) is 2.24. The summed E-state index contributed by atoms with van der Waals surface area (Å²) in [6.45, 7) is 4.39. The third-order valence-electron chi connectivity index (χ3n) is 3.64. The summed E-state index contributed by atoms with van der Waals surface area (Å²) in [5.41, 5.74) is 0.970. The molecule has 0 saturated heterocycles. The van der Waals surface area contributed by atoms with Crippen LogP contribution in [0, 0.1) is 0 Å². The van der Waals surface area contributed by atoms with Gasteiger partial charge in [0.1, 0.15) is 0 Å². The fourth-order valence-corrected chi connectivity index (χ4v) is 4.10. The molecule has 1 amide bonds. The van der Waals surface area contributed by atoms with Gasteiger partial charge in [-0.25, -0.2) is 4.98 Å². The van der Waals surface area contributed by atoms with E-state index >= 15 is 0 Å². The molecule has 21 heavy (non-hydrogen) atoms. The highest BCUT2D eigenvalue weighted by Gasteiger charge is 2.33. The third-order valence-corrected chi connectivity index (χ3v) is 5.48. The summed E-state index contributed by atoms with van der Waals surface area (Å²) in [6.07, 6.45) is 3.88. The quantitative estimate of drug-likeness (QED) is 0.766. The molecule has 1 aliphatic rings. The Morgan fingerprint density at radius 3 is 2.76 bits per heavy atom. The Morgan fingerprint density at radius 1 is 1.57 bits per heavy atom. The molecule has 1 saturated carbocycles. The van der Waals surface area contributed by atoms with Gasteiger partial charge in [-0.05, 0) is 26.8 Å². The molecule has 1 aromatic rings. The summed E-state index contributed by atoms with van der Waals surface area (Å²) in [7, 11) is 1.22. The molecule has 1 heterocycles. The van der Waals surface area contributed by atoms with Crippen LogP contribution in [0.2, 0.25) is 0 Å². The minimum absolute atomic E-state index is 0.0708. The van der Waals surface area contributed by atoms with E-state index < -0.39 is 10.8 Å². The fraction of sp³-hybridized carbons (Fsp3) is 0.714. The first kappa shape index (κ1) is 16.6. The maximum Gasteiger partial charge on any atom is 0.225 e. The molecule has 0 aromatic carbocycles. The van der Waals surface area contributed by atoms with Gasteiger partial charge in [0, 0.05) is 53.7 Å². The normalized spacial score (nSPS) is 17.8. The minimum Gasteiger partial charge on any atom is -0.297 e. The summed E-state index contributed by atoms with van der Waals surface area (Å²) < 4.78 is 11.3. The van der Waals surface area contributed by atoms with E-state index in [9.17, 15) is 9.00 Å². The summed E-state index contributed by atoms with van der Waals surface area (Å²) >= 11 is 1.53. The number of hydrogen-bond donors (Lipinski definition) is 0. The lowest BCUT2D eigenvalue weighted by atomic mass is 10.3. The van der Waals surface area contributed by atoms with Crippen LogP contribution in [0.5, 0.6) is 0 Å². The van der Waals surface area contributed by atoms with E-state index in [-0.39, 0.29) is 11.9 Å². The van der Waals surface area contributed by atoms with Crippen molar-refractivity contribution in [2.45, 2.75) is 45.3 Å². The molecule has 1 aromatic heterocycles. The van der Waals surface area contributed by atoms with Crippen molar-refractivity contribution in [3.05, 3.63) is 11.1 Å². The van der Waals surface area contributed by atoms with E-state index in [0.717, 1.165) is 23.7 Å². The standard InChI is InChI=1S/C14H23N3O2S2/c1-10(9-21(4)19)16(3)7-12-8-20-14(15-12)17(11(2)18)13-5-6-13/h8,10,13H,5-7,9H2,1-4H3. The predicted octanol–water partition coefficient (Wildman–Crippen LogP) is 1.86. The van der Waals surface area contributed by atoms with E-state index in [1.54, 1.807) is 13.2 Å². The van der Waals surface area contributed by atoms with Gasteiger partial charge in [-0.2, -0.15) is 0 Å². The highest BCUT2D eigenvalue weighted by Crippen LogP contribution is 2.33. The van der Waals surface area contributed by atoms with Crippen LogP contribution in [0.4, 0.5) is 5.13 Å². The lowest BCUT2D eigenvalue weighted by Gasteiger charge is -2.23. The Labute approximate surface area is 132 Å². The largest absolute Gasteiger partial charge is 0.297 e. The molecule has 2 atom stereocenters. The van der Waals surface area contributed by atoms with Gasteiger partial charge in [0.15, 0.2) is 5.13 Å². The summed E-state index contributed by atoms with van der Waals surface area (Å²) in [5, 5.41) is 2.82. The Balaban J connectivity index is 1.99. The smallest absolute Gasteiger partial charge is 0.225 e. The van der Waals surface area contributed by atoms with E-state index in [4.69, 9.17) is 0 Å². The minimum atomic E-state index is -0.793. The van der Waals surface area contributed by atoms with Crippen LogP contribution in [-0.4, -0.2) is 51.1 Å². The van der Waals surface area contributed by atoms with Gasteiger partial charge in [0.2, 0.25) is 5.91 Å². The second-order valence-corrected chi connectivity index (χ2v) is 8.06. The van der Waals surface area contributed by atoms with Crippen LogP contribution in [0.15, 0.2) is 5.38 Å². The molecule has 0 bridgehead atoms. The molecular weight excluding hydrogens is 306 g/mol. The number of amides is 1. The van der Waals surface area contributed by atoms with Crippen molar-refractivity contribution in [1.29, 1.82) is 0 Å². The van der Waals surface area contributed by atoms with Crippen molar-refractivity contribution in [3.8, 4) is 0 Å². The highest BCUT2D eigenvalue weighted by molar-refractivity contribution is 7.84. The lowest BCUT2D eigenvalue weighted by Crippen LogP contribution is -2.33. The monoisotopic (exact) mass is 329 g/mol. The van der Waals surface area contributed by atoms with Gasteiger partial charge in [-0.15, -0.1) is 11.3 Å². The second-order valence-electron chi connectivity index (χ2n) is 5.75. The van der Waals surface area contributed by atoms with Crippen molar-refractivity contribution < 1.29 is 9.00 Å². The topological polar surface area (TPSA) is 53.5 Å². The van der Waals surface area contributed by atoms with Crippen molar-refractivity contribution in [2.75, 3.05) is 24.0 Å². The van der Waals surface area contributed by atoms with Crippen LogP contribution in [-0.2, 0) is 22.1 Å². The lowest BCUT2D eigenvalue weighted by molar-refractivity contribution is -0.116. The molecule has 2 unspecified atom stereocenters. The van der Waals surface area contributed by atoms with Crippen LogP contribution >= 0.6 is 11.3 Å². The molecule has 0 spiro atoms. The molecule has 7 heteroatoms. The Bertz CT molecular complexity index is 528.